The van der Waals surface area contributed by atoms with E-state index in [1.165, 1.54) is 51.4 Å². The first-order valence-corrected chi connectivity index (χ1v) is 6.60. The average Bonchev–Trinajstić information content (AvgIpc) is 2.55. The second-order valence-corrected chi connectivity index (χ2v) is 5.17. The topological polar surface area (TPSA) is 29.1 Å². The fraction of sp³-hybridized carbons (Fsp3) is 0.923. The number of carbonyl (C=O) groups is 1. The highest BCUT2D eigenvalue weighted by Crippen LogP contribution is 2.35. The van der Waals surface area contributed by atoms with Crippen LogP contribution >= 0.6 is 0 Å². The minimum atomic E-state index is 0.149. The largest absolute Gasteiger partial charge is 0.307 e. The first-order chi connectivity index (χ1) is 7.42. The molecule has 2 heteroatoms. The highest BCUT2D eigenvalue weighted by atomic mass is 16.1. The molecule has 1 aliphatic carbocycles. The molecule has 2 unspecified atom stereocenters. The third-order valence-electron chi connectivity index (χ3n) is 4.21. The standard InChI is InChI=1S/C13H23NO/c15-10-13-12(8-4-5-9-14-13)11-6-2-1-3-7-11/h10-14H,1-9H2. The van der Waals surface area contributed by atoms with E-state index in [0.717, 1.165) is 18.7 Å². The Morgan fingerprint density at radius 1 is 0.933 bits per heavy atom. The number of rotatable bonds is 2. The fourth-order valence-corrected chi connectivity index (χ4v) is 3.34. The smallest absolute Gasteiger partial charge is 0.137 e. The molecule has 0 bridgehead atoms. The molecule has 2 atom stereocenters. The maximum atomic E-state index is 11.1. The molecule has 2 nitrogen and oxygen atoms in total. The lowest BCUT2D eigenvalue weighted by Gasteiger charge is -2.32. The molecule has 2 rings (SSSR count). The molecule has 0 spiro atoms. The van der Waals surface area contributed by atoms with Crippen LogP contribution in [0.3, 0.4) is 0 Å². The molecule has 1 saturated heterocycles. The second kappa shape index (κ2) is 5.64. The Morgan fingerprint density at radius 2 is 1.67 bits per heavy atom. The van der Waals surface area contributed by atoms with Gasteiger partial charge in [-0.25, -0.2) is 0 Å². The Morgan fingerprint density at radius 3 is 2.40 bits per heavy atom. The van der Waals surface area contributed by atoms with Crippen molar-refractivity contribution < 1.29 is 4.79 Å². The highest BCUT2D eigenvalue weighted by molar-refractivity contribution is 5.58. The van der Waals surface area contributed by atoms with Gasteiger partial charge in [0.05, 0.1) is 6.04 Å². The van der Waals surface area contributed by atoms with Crippen LogP contribution in [-0.4, -0.2) is 18.9 Å². The van der Waals surface area contributed by atoms with Gasteiger partial charge in [-0.05, 0) is 31.2 Å². The van der Waals surface area contributed by atoms with E-state index in [1.807, 2.05) is 0 Å². The van der Waals surface area contributed by atoms with Gasteiger partial charge in [-0.2, -0.15) is 0 Å². The maximum absolute atomic E-state index is 11.1. The summed E-state index contributed by atoms with van der Waals surface area (Å²) in [6, 6.07) is 0.149. The van der Waals surface area contributed by atoms with Crippen molar-refractivity contribution in [2.75, 3.05) is 6.54 Å². The summed E-state index contributed by atoms with van der Waals surface area (Å²) in [6.07, 6.45) is 11.9. The third kappa shape index (κ3) is 2.81. The zero-order valence-electron chi connectivity index (χ0n) is 9.58. The molecule has 15 heavy (non-hydrogen) atoms. The molecular weight excluding hydrogens is 186 g/mol. The lowest BCUT2D eigenvalue weighted by molar-refractivity contribution is -0.111. The number of hydrogen-bond acceptors (Lipinski definition) is 2. The van der Waals surface area contributed by atoms with E-state index in [0.29, 0.717) is 5.92 Å². The molecule has 0 amide bonds. The van der Waals surface area contributed by atoms with Gasteiger partial charge in [0.15, 0.2) is 0 Å². The molecule has 0 aromatic carbocycles. The zero-order chi connectivity index (χ0) is 10.5. The Bertz CT molecular complexity index is 199. The Kier molecular flexibility index (Phi) is 4.18. The SMILES string of the molecule is O=CC1NCCCCC1C1CCCCC1. The number of hydrogen-bond donors (Lipinski definition) is 1. The van der Waals surface area contributed by atoms with Gasteiger partial charge < -0.3 is 10.1 Å². The van der Waals surface area contributed by atoms with E-state index >= 15 is 0 Å². The lowest BCUT2D eigenvalue weighted by atomic mass is 9.75. The van der Waals surface area contributed by atoms with Crippen molar-refractivity contribution in [3.63, 3.8) is 0 Å². The van der Waals surface area contributed by atoms with E-state index in [1.54, 1.807) is 0 Å². The van der Waals surface area contributed by atoms with Crippen molar-refractivity contribution in [2.45, 2.75) is 57.4 Å². The van der Waals surface area contributed by atoms with Crippen molar-refractivity contribution in [1.82, 2.24) is 5.32 Å². The normalized spacial score (nSPS) is 34.7. The molecule has 0 aromatic heterocycles. The van der Waals surface area contributed by atoms with Gasteiger partial charge in [0.2, 0.25) is 0 Å². The van der Waals surface area contributed by atoms with Crippen molar-refractivity contribution in [3.8, 4) is 0 Å². The number of carbonyl (C=O) groups excluding carboxylic acids is 1. The van der Waals surface area contributed by atoms with Crippen LogP contribution in [0.4, 0.5) is 0 Å². The summed E-state index contributed by atoms with van der Waals surface area (Å²) in [5.74, 6) is 1.45. The molecule has 0 radical (unpaired) electrons. The van der Waals surface area contributed by atoms with Crippen LogP contribution in [0.5, 0.6) is 0 Å². The van der Waals surface area contributed by atoms with E-state index in [9.17, 15) is 4.79 Å². The Hall–Kier alpha value is -0.370. The van der Waals surface area contributed by atoms with Gasteiger partial charge in [-0.1, -0.05) is 38.5 Å². The van der Waals surface area contributed by atoms with Crippen LogP contribution < -0.4 is 5.32 Å². The van der Waals surface area contributed by atoms with Gasteiger partial charge in [-0.15, -0.1) is 0 Å². The Labute approximate surface area is 92.8 Å². The molecule has 2 aliphatic rings. The fourth-order valence-electron chi connectivity index (χ4n) is 3.34. The van der Waals surface area contributed by atoms with Gasteiger partial charge in [0.1, 0.15) is 6.29 Å². The molecule has 1 saturated carbocycles. The summed E-state index contributed by atoms with van der Waals surface area (Å²) in [5.41, 5.74) is 0. The second-order valence-electron chi connectivity index (χ2n) is 5.17. The van der Waals surface area contributed by atoms with Crippen LogP contribution in [0.25, 0.3) is 0 Å². The quantitative estimate of drug-likeness (QED) is 0.708. The van der Waals surface area contributed by atoms with Crippen LogP contribution in [0, 0.1) is 11.8 Å². The minimum Gasteiger partial charge on any atom is -0.307 e. The molecule has 1 aliphatic heterocycles. The predicted molar refractivity (Wildman–Crippen MR) is 61.8 cm³/mol. The molecule has 0 aromatic rings. The molecule has 1 heterocycles. The number of aldehydes is 1. The molecule has 1 N–H and O–H groups in total. The van der Waals surface area contributed by atoms with E-state index < -0.39 is 0 Å². The van der Waals surface area contributed by atoms with Gasteiger partial charge in [0, 0.05) is 0 Å². The van der Waals surface area contributed by atoms with Crippen molar-refractivity contribution in [3.05, 3.63) is 0 Å². The van der Waals surface area contributed by atoms with Crippen molar-refractivity contribution >= 4 is 6.29 Å². The van der Waals surface area contributed by atoms with Crippen LogP contribution in [0.1, 0.15) is 51.4 Å². The first-order valence-electron chi connectivity index (χ1n) is 6.60. The summed E-state index contributed by atoms with van der Waals surface area (Å²) < 4.78 is 0. The summed E-state index contributed by atoms with van der Waals surface area (Å²) >= 11 is 0. The summed E-state index contributed by atoms with van der Waals surface area (Å²) in [5, 5.41) is 3.41. The predicted octanol–water partition coefficient (Wildman–Crippen LogP) is 2.52. The summed E-state index contributed by atoms with van der Waals surface area (Å²) in [4.78, 5) is 11.1. The monoisotopic (exact) mass is 209 g/mol. The Balaban J connectivity index is 1.98. The van der Waals surface area contributed by atoms with E-state index in [-0.39, 0.29) is 6.04 Å². The van der Waals surface area contributed by atoms with E-state index in [2.05, 4.69) is 5.32 Å². The average molecular weight is 209 g/mol. The summed E-state index contributed by atoms with van der Waals surface area (Å²) in [7, 11) is 0. The van der Waals surface area contributed by atoms with Crippen molar-refractivity contribution in [1.29, 1.82) is 0 Å². The minimum absolute atomic E-state index is 0.149. The summed E-state index contributed by atoms with van der Waals surface area (Å²) in [6.45, 7) is 1.03. The van der Waals surface area contributed by atoms with Crippen molar-refractivity contribution in [2.24, 2.45) is 11.8 Å². The maximum Gasteiger partial charge on any atom is 0.137 e. The lowest BCUT2D eigenvalue weighted by Crippen LogP contribution is -2.40. The molecular formula is C13H23NO. The van der Waals surface area contributed by atoms with Crippen LogP contribution in [-0.2, 0) is 4.79 Å². The third-order valence-corrected chi connectivity index (χ3v) is 4.21. The molecule has 2 fully saturated rings. The number of nitrogens with one attached hydrogen (secondary N) is 1. The van der Waals surface area contributed by atoms with Gasteiger partial charge in [-0.3, -0.25) is 0 Å². The van der Waals surface area contributed by atoms with Crippen LogP contribution in [0.2, 0.25) is 0 Å². The highest BCUT2D eigenvalue weighted by Gasteiger charge is 2.30. The van der Waals surface area contributed by atoms with Gasteiger partial charge in [0.25, 0.3) is 0 Å². The van der Waals surface area contributed by atoms with E-state index in [4.69, 9.17) is 0 Å². The van der Waals surface area contributed by atoms with Gasteiger partial charge >= 0.3 is 0 Å². The van der Waals surface area contributed by atoms with Crippen LogP contribution in [0.15, 0.2) is 0 Å². The molecule has 86 valence electrons. The first kappa shape index (κ1) is 11.1. The zero-order valence-corrected chi connectivity index (χ0v) is 9.58.